The number of allylic oxidation sites excluding steroid dienone is 6. The maximum atomic E-state index is 2.18. The molecule has 0 saturated heterocycles. The summed E-state index contributed by atoms with van der Waals surface area (Å²) in [7, 11) is 0. The van der Waals surface area contributed by atoms with E-state index in [0.717, 1.165) is 0 Å². The summed E-state index contributed by atoms with van der Waals surface area (Å²) in [4.78, 5) is 0. The second kappa shape index (κ2) is 4.97. The summed E-state index contributed by atoms with van der Waals surface area (Å²) in [6.45, 7) is 12.8. The molecule has 0 aromatic heterocycles. The molecular weight excluding hydrogens is 144 g/mol. The van der Waals surface area contributed by atoms with Gasteiger partial charge in [0.05, 0.1) is 0 Å². The van der Waals surface area contributed by atoms with E-state index in [1.165, 1.54) is 22.3 Å². The Morgan fingerprint density at radius 1 is 0.833 bits per heavy atom. The van der Waals surface area contributed by atoms with E-state index >= 15 is 0 Å². The predicted octanol–water partition coefficient (Wildman–Crippen LogP) is 4.26. The van der Waals surface area contributed by atoms with Gasteiger partial charge in [0.15, 0.2) is 0 Å². The molecule has 0 amide bonds. The first kappa shape index (κ1) is 11.2. The molecule has 0 heteroatoms. The summed E-state index contributed by atoms with van der Waals surface area (Å²) in [6, 6.07) is 0. The standard InChI is InChI=1S/C12H20/c1-7-10(5)12(8-2)11(6)9(3)4/h7-8H,1-6H3/b10-7-,12-8+. The smallest absolute Gasteiger partial charge is 0.0245 e. The Hall–Kier alpha value is -0.780. The van der Waals surface area contributed by atoms with Crippen molar-refractivity contribution in [1.82, 2.24) is 0 Å². The van der Waals surface area contributed by atoms with Gasteiger partial charge in [-0.15, -0.1) is 0 Å². The summed E-state index contributed by atoms with van der Waals surface area (Å²) >= 11 is 0. The lowest BCUT2D eigenvalue weighted by Crippen LogP contribution is -1.89. The van der Waals surface area contributed by atoms with Crippen molar-refractivity contribution in [2.45, 2.75) is 41.5 Å². The van der Waals surface area contributed by atoms with E-state index in [0.29, 0.717) is 0 Å². The number of hydrogen-bond acceptors (Lipinski definition) is 0. The Labute approximate surface area is 76.7 Å². The first-order valence-electron chi connectivity index (χ1n) is 4.48. The second-order valence-electron chi connectivity index (χ2n) is 3.30. The molecule has 0 aromatic carbocycles. The zero-order chi connectivity index (χ0) is 9.72. The largest absolute Gasteiger partial charge is 0.0841 e. The molecule has 0 aliphatic rings. The molecular formula is C12H20. The maximum absolute atomic E-state index is 2.18. The topological polar surface area (TPSA) is 0 Å². The van der Waals surface area contributed by atoms with E-state index in [4.69, 9.17) is 0 Å². The monoisotopic (exact) mass is 164 g/mol. The van der Waals surface area contributed by atoms with Crippen LogP contribution in [0.15, 0.2) is 34.4 Å². The van der Waals surface area contributed by atoms with Crippen LogP contribution in [-0.4, -0.2) is 0 Å². The lowest BCUT2D eigenvalue weighted by Gasteiger charge is -2.09. The molecule has 0 radical (unpaired) electrons. The summed E-state index contributed by atoms with van der Waals surface area (Å²) in [6.07, 6.45) is 4.33. The number of hydrogen-bond donors (Lipinski definition) is 0. The highest BCUT2D eigenvalue weighted by Crippen LogP contribution is 2.21. The van der Waals surface area contributed by atoms with Crippen molar-refractivity contribution in [3.8, 4) is 0 Å². The molecule has 0 rings (SSSR count). The summed E-state index contributed by atoms with van der Waals surface area (Å²) in [5.41, 5.74) is 5.52. The molecule has 12 heavy (non-hydrogen) atoms. The Kier molecular flexibility index (Phi) is 4.65. The van der Waals surface area contributed by atoms with Crippen molar-refractivity contribution in [3.05, 3.63) is 34.4 Å². The van der Waals surface area contributed by atoms with Crippen LogP contribution in [0.4, 0.5) is 0 Å². The van der Waals surface area contributed by atoms with Crippen LogP contribution in [0.2, 0.25) is 0 Å². The van der Waals surface area contributed by atoms with Gasteiger partial charge in [0, 0.05) is 0 Å². The van der Waals surface area contributed by atoms with Crippen molar-refractivity contribution in [1.29, 1.82) is 0 Å². The molecule has 0 fully saturated rings. The van der Waals surface area contributed by atoms with Crippen LogP contribution in [0.25, 0.3) is 0 Å². The zero-order valence-corrected chi connectivity index (χ0v) is 9.15. The lowest BCUT2D eigenvalue weighted by atomic mass is 9.97. The first-order chi connectivity index (χ1) is 5.54. The fourth-order valence-corrected chi connectivity index (χ4v) is 1.16. The van der Waals surface area contributed by atoms with Gasteiger partial charge in [-0.25, -0.2) is 0 Å². The molecule has 0 unspecified atom stereocenters. The average molecular weight is 164 g/mol. The molecule has 0 atom stereocenters. The molecule has 0 aromatic rings. The van der Waals surface area contributed by atoms with Crippen molar-refractivity contribution in [2.24, 2.45) is 0 Å². The van der Waals surface area contributed by atoms with Gasteiger partial charge in [0.25, 0.3) is 0 Å². The van der Waals surface area contributed by atoms with Crippen LogP contribution < -0.4 is 0 Å². The van der Waals surface area contributed by atoms with Gasteiger partial charge < -0.3 is 0 Å². The van der Waals surface area contributed by atoms with Crippen molar-refractivity contribution >= 4 is 0 Å². The van der Waals surface area contributed by atoms with Crippen LogP contribution in [0.3, 0.4) is 0 Å². The lowest BCUT2D eigenvalue weighted by molar-refractivity contribution is 1.21. The van der Waals surface area contributed by atoms with Crippen LogP contribution >= 0.6 is 0 Å². The van der Waals surface area contributed by atoms with E-state index in [2.05, 4.69) is 53.7 Å². The highest BCUT2D eigenvalue weighted by Gasteiger charge is 2.01. The first-order valence-corrected chi connectivity index (χ1v) is 4.48. The van der Waals surface area contributed by atoms with Gasteiger partial charge in [0.2, 0.25) is 0 Å². The van der Waals surface area contributed by atoms with E-state index in [1.807, 2.05) is 0 Å². The van der Waals surface area contributed by atoms with Crippen molar-refractivity contribution in [2.75, 3.05) is 0 Å². The Morgan fingerprint density at radius 3 is 1.58 bits per heavy atom. The SMILES string of the molecule is C/C=C(C)\C(=C/C)C(C)=C(C)C. The van der Waals surface area contributed by atoms with Gasteiger partial charge in [-0.2, -0.15) is 0 Å². The van der Waals surface area contributed by atoms with Crippen LogP contribution in [0, 0.1) is 0 Å². The van der Waals surface area contributed by atoms with E-state index < -0.39 is 0 Å². The minimum atomic E-state index is 1.36. The highest BCUT2D eigenvalue weighted by molar-refractivity contribution is 5.45. The molecule has 68 valence electrons. The Morgan fingerprint density at radius 2 is 1.33 bits per heavy atom. The van der Waals surface area contributed by atoms with E-state index in [-0.39, 0.29) is 0 Å². The molecule has 0 N–H and O–H groups in total. The normalized spacial score (nSPS) is 13.2. The molecule has 0 nitrogen and oxygen atoms in total. The molecule has 0 aliphatic heterocycles. The molecule has 0 spiro atoms. The van der Waals surface area contributed by atoms with Crippen molar-refractivity contribution < 1.29 is 0 Å². The van der Waals surface area contributed by atoms with E-state index in [9.17, 15) is 0 Å². The van der Waals surface area contributed by atoms with Gasteiger partial charge in [0.1, 0.15) is 0 Å². The molecule has 0 saturated carbocycles. The minimum Gasteiger partial charge on any atom is -0.0841 e. The average Bonchev–Trinajstić information content (AvgIpc) is 2.05. The van der Waals surface area contributed by atoms with Crippen LogP contribution in [0.5, 0.6) is 0 Å². The van der Waals surface area contributed by atoms with Gasteiger partial charge in [-0.3, -0.25) is 0 Å². The zero-order valence-electron chi connectivity index (χ0n) is 9.15. The predicted molar refractivity (Wildman–Crippen MR) is 57.2 cm³/mol. The van der Waals surface area contributed by atoms with Crippen molar-refractivity contribution in [3.63, 3.8) is 0 Å². The Bertz CT molecular complexity index is 233. The van der Waals surface area contributed by atoms with Crippen LogP contribution in [0.1, 0.15) is 41.5 Å². The summed E-state index contributed by atoms with van der Waals surface area (Å²) < 4.78 is 0. The third-order valence-electron chi connectivity index (χ3n) is 2.30. The van der Waals surface area contributed by atoms with Crippen LogP contribution in [-0.2, 0) is 0 Å². The fraction of sp³-hybridized carbons (Fsp3) is 0.500. The van der Waals surface area contributed by atoms with Gasteiger partial charge >= 0.3 is 0 Å². The third-order valence-corrected chi connectivity index (χ3v) is 2.30. The fourth-order valence-electron chi connectivity index (χ4n) is 1.16. The van der Waals surface area contributed by atoms with Gasteiger partial charge in [-0.1, -0.05) is 17.7 Å². The molecule has 0 heterocycles. The second-order valence-corrected chi connectivity index (χ2v) is 3.30. The summed E-state index contributed by atoms with van der Waals surface area (Å²) in [5, 5.41) is 0. The quantitative estimate of drug-likeness (QED) is 0.535. The molecule has 0 aliphatic carbocycles. The van der Waals surface area contributed by atoms with Gasteiger partial charge in [-0.05, 0) is 58.3 Å². The minimum absolute atomic E-state index is 1.36. The number of rotatable bonds is 2. The highest BCUT2D eigenvalue weighted by atomic mass is 14.1. The molecule has 0 bridgehead atoms. The Balaban J connectivity index is 4.99. The van der Waals surface area contributed by atoms with E-state index in [1.54, 1.807) is 0 Å². The third kappa shape index (κ3) is 2.69. The summed E-state index contributed by atoms with van der Waals surface area (Å²) in [5.74, 6) is 0. The maximum Gasteiger partial charge on any atom is -0.0245 e.